The summed E-state index contributed by atoms with van der Waals surface area (Å²) in [5.74, 6) is 0. The second-order valence-corrected chi connectivity index (χ2v) is 11.7. The highest BCUT2D eigenvalue weighted by atomic mass is 16.6. The van der Waals surface area contributed by atoms with Gasteiger partial charge in [-0.05, 0) is 76.1 Å². The Kier molecular flexibility index (Phi) is 7.43. The largest absolute Gasteiger partial charge is 0.444 e. The molecule has 5 rings (SSSR count). The summed E-state index contributed by atoms with van der Waals surface area (Å²) >= 11 is 0. The molecular weight excluding hydrogens is 542 g/mol. The van der Waals surface area contributed by atoms with Crippen LogP contribution in [0.15, 0.2) is 66.2 Å². The van der Waals surface area contributed by atoms with Crippen LogP contribution in [0.2, 0.25) is 0 Å². The van der Waals surface area contributed by atoms with E-state index < -0.39 is 17.1 Å². The molecule has 0 aliphatic rings. The zero-order valence-electron chi connectivity index (χ0n) is 24.9. The molecule has 0 fully saturated rings. The van der Waals surface area contributed by atoms with Crippen molar-refractivity contribution in [2.24, 2.45) is 12.0 Å². The fourth-order valence-electron chi connectivity index (χ4n) is 4.78. The quantitative estimate of drug-likeness (QED) is 0.285. The highest BCUT2D eigenvalue weighted by molar-refractivity contribution is 6.04. The minimum atomic E-state index is -0.752. The van der Waals surface area contributed by atoms with Crippen molar-refractivity contribution in [1.82, 2.24) is 29.4 Å². The molecule has 11 heteroatoms. The molecule has 5 aromatic rings. The first-order chi connectivity index (χ1) is 20.4. The van der Waals surface area contributed by atoms with Crippen molar-refractivity contribution in [3.8, 4) is 29.1 Å². The lowest BCUT2D eigenvalue weighted by atomic mass is 9.91. The van der Waals surface area contributed by atoms with Gasteiger partial charge >= 0.3 is 6.09 Å². The Morgan fingerprint density at radius 2 is 1.79 bits per heavy atom. The van der Waals surface area contributed by atoms with Crippen molar-refractivity contribution in [3.63, 3.8) is 0 Å². The molecule has 0 unspecified atom stereocenters. The Morgan fingerprint density at radius 1 is 1.00 bits per heavy atom. The number of nitrogens with zero attached hydrogens (tertiary/aromatic N) is 8. The summed E-state index contributed by atoms with van der Waals surface area (Å²) < 4.78 is 9.03. The van der Waals surface area contributed by atoms with Gasteiger partial charge in [-0.1, -0.05) is 6.07 Å². The molecule has 0 aliphatic carbocycles. The van der Waals surface area contributed by atoms with Crippen LogP contribution in [-0.4, -0.2) is 35.8 Å². The van der Waals surface area contributed by atoms with E-state index in [-0.39, 0.29) is 6.54 Å². The molecule has 0 spiro atoms. The SMILES string of the molecule is Cn1c(=NC#N)n(-c2ccc(C(C)(C)C#N)nc2)c2c3cc(-c4cncc(CNC(=O)OC(C)(C)C)c4)ccc3ncc21. The lowest BCUT2D eigenvalue weighted by molar-refractivity contribution is 0.0523. The summed E-state index contributed by atoms with van der Waals surface area (Å²) in [6.07, 6.45) is 8.33. The van der Waals surface area contributed by atoms with Gasteiger partial charge in [0.1, 0.15) is 5.60 Å². The number of aryl methyl sites for hydroxylation is 1. The molecule has 1 amide bonds. The summed E-state index contributed by atoms with van der Waals surface area (Å²) in [6, 6.07) is 13.9. The summed E-state index contributed by atoms with van der Waals surface area (Å²) in [5, 5.41) is 22.7. The van der Waals surface area contributed by atoms with E-state index in [4.69, 9.17) is 4.74 Å². The molecule has 0 saturated heterocycles. The van der Waals surface area contributed by atoms with Crippen LogP contribution >= 0.6 is 0 Å². The number of hydrogen-bond donors (Lipinski definition) is 1. The van der Waals surface area contributed by atoms with E-state index in [0.29, 0.717) is 17.0 Å². The van der Waals surface area contributed by atoms with Crippen LogP contribution in [0.25, 0.3) is 38.8 Å². The van der Waals surface area contributed by atoms with Crippen molar-refractivity contribution < 1.29 is 9.53 Å². The average molecular weight is 574 g/mol. The minimum Gasteiger partial charge on any atom is -0.444 e. The number of aromatic nitrogens is 5. The number of imidazole rings is 1. The fourth-order valence-corrected chi connectivity index (χ4v) is 4.78. The van der Waals surface area contributed by atoms with Crippen molar-refractivity contribution in [3.05, 3.63) is 78.1 Å². The van der Waals surface area contributed by atoms with Crippen molar-refractivity contribution >= 4 is 28.0 Å². The van der Waals surface area contributed by atoms with Gasteiger partial charge in [-0.2, -0.15) is 10.5 Å². The molecule has 0 radical (unpaired) electrons. The van der Waals surface area contributed by atoms with Gasteiger partial charge in [0.25, 0.3) is 0 Å². The van der Waals surface area contributed by atoms with E-state index in [0.717, 1.165) is 38.6 Å². The molecule has 0 saturated carbocycles. The third kappa shape index (κ3) is 5.79. The number of ether oxygens (including phenoxy) is 1. The standard InChI is InChI=1S/C32H31N9O2/c1-31(2,3)43-30(42)38-14-20-11-22(15-35-13-20)21-7-9-25-24(12-21)28-26(17-36-25)40(6)29(39-19-34)41(28)23-8-10-27(37-16-23)32(4,5)18-33/h7-13,15-17H,14H2,1-6H3,(H,38,42). The van der Waals surface area contributed by atoms with Gasteiger partial charge in [0, 0.05) is 36.9 Å². The predicted octanol–water partition coefficient (Wildman–Crippen LogP) is 5.18. The number of benzene rings is 1. The Hall–Kier alpha value is -5.55. The lowest BCUT2D eigenvalue weighted by Gasteiger charge is -2.19. The smallest absolute Gasteiger partial charge is 0.407 e. The second-order valence-electron chi connectivity index (χ2n) is 11.7. The minimum absolute atomic E-state index is 0.262. The predicted molar refractivity (Wildman–Crippen MR) is 161 cm³/mol. The first kappa shape index (κ1) is 29.0. The van der Waals surface area contributed by atoms with Gasteiger partial charge in [-0.25, -0.2) is 4.79 Å². The third-order valence-electron chi connectivity index (χ3n) is 6.95. The first-order valence-electron chi connectivity index (χ1n) is 13.6. The maximum absolute atomic E-state index is 12.2. The lowest BCUT2D eigenvalue weighted by Crippen LogP contribution is -2.32. The van der Waals surface area contributed by atoms with E-state index in [1.807, 2.05) is 93.4 Å². The zero-order chi connectivity index (χ0) is 30.9. The number of alkyl carbamates (subject to hydrolysis) is 1. The van der Waals surface area contributed by atoms with Gasteiger partial charge in [0.05, 0.1) is 51.8 Å². The number of pyridine rings is 3. The van der Waals surface area contributed by atoms with E-state index in [9.17, 15) is 15.3 Å². The Morgan fingerprint density at radius 3 is 2.47 bits per heavy atom. The summed E-state index contributed by atoms with van der Waals surface area (Å²) in [7, 11) is 1.83. The number of amides is 1. The van der Waals surface area contributed by atoms with Crippen LogP contribution in [0.1, 0.15) is 45.9 Å². The van der Waals surface area contributed by atoms with Crippen LogP contribution in [0.4, 0.5) is 4.79 Å². The van der Waals surface area contributed by atoms with Crippen LogP contribution in [0.5, 0.6) is 0 Å². The number of nitrogens with one attached hydrogen (secondary N) is 1. The third-order valence-corrected chi connectivity index (χ3v) is 6.95. The summed E-state index contributed by atoms with van der Waals surface area (Å²) in [5.41, 5.74) is 5.29. The van der Waals surface area contributed by atoms with Gasteiger partial charge in [-0.15, -0.1) is 4.99 Å². The summed E-state index contributed by atoms with van der Waals surface area (Å²) in [4.78, 5) is 29.9. The Bertz CT molecular complexity index is 2020. The van der Waals surface area contributed by atoms with Crippen LogP contribution in [-0.2, 0) is 23.7 Å². The number of rotatable bonds is 5. The molecule has 1 N–H and O–H groups in total. The molecule has 0 atom stereocenters. The molecular formula is C32H31N9O2. The molecule has 216 valence electrons. The Labute approximate surface area is 248 Å². The molecule has 4 aromatic heterocycles. The molecule has 1 aromatic carbocycles. The molecule has 43 heavy (non-hydrogen) atoms. The molecule has 11 nitrogen and oxygen atoms in total. The van der Waals surface area contributed by atoms with Crippen molar-refractivity contribution in [1.29, 1.82) is 10.5 Å². The van der Waals surface area contributed by atoms with Crippen LogP contribution in [0, 0.1) is 22.8 Å². The van der Waals surface area contributed by atoms with Gasteiger partial charge in [-0.3, -0.25) is 19.5 Å². The maximum atomic E-state index is 12.2. The molecule has 0 aliphatic heterocycles. The van der Waals surface area contributed by atoms with Gasteiger partial charge in [0.2, 0.25) is 11.8 Å². The number of hydrogen-bond acceptors (Lipinski definition) is 8. The topological polar surface area (TPSA) is 147 Å². The second kappa shape index (κ2) is 11.0. The van der Waals surface area contributed by atoms with Gasteiger partial charge < -0.3 is 14.6 Å². The molecule has 0 bridgehead atoms. The van der Waals surface area contributed by atoms with Crippen LogP contribution in [0.3, 0.4) is 0 Å². The van der Waals surface area contributed by atoms with E-state index in [1.165, 1.54) is 0 Å². The van der Waals surface area contributed by atoms with Crippen LogP contribution < -0.4 is 10.9 Å². The number of fused-ring (bicyclic) bond motifs is 3. The normalized spacial score (nSPS) is 12.2. The first-order valence-corrected chi connectivity index (χ1v) is 13.6. The van der Waals surface area contributed by atoms with E-state index in [1.54, 1.807) is 24.8 Å². The average Bonchev–Trinajstić information content (AvgIpc) is 3.26. The zero-order valence-corrected chi connectivity index (χ0v) is 24.9. The molecule has 4 heterocycles. The van der Waals surface area contributed by atoms with Crippen molar-refractivity contribution in [2.45, 2.75) is 52.2 Å². The highest BCUT2D eigenvalue weighted by Crippen LogP contribution is 2.30. The fraction of sp³-hybridized carbons (Fsp3) is 0.281. The Balaban J connectivity index is 1.63. The monoisotopic (exact) mass is 573 g/mol. The number of carbonyl (C=O) groups excluding carboxylic acids is 1. The highest BCUT2D eigenvalue weighted by Gasteiger charge is 2.22. The van der Waals surface area contributed by atoms with Gasteiger partial charge in [0.15, 0.2) is 0 Å². The van der Waals surface area contributed by atoms with E-state index in [2.05, 4.69) is 31.3 Å². The number of carbonyl (C=O) groups is 1. The number of nitriles is 2. The van der Waals surface area contributed by atoms with E-state index >= 15 is 0 Å². The summed E-state index contributed by atoms with van der Waals surface area (Å²) in [6.45, 7) is 9.33. The maximum Gasteiger partial charge on any atom is 0.407 e. The van der Waals surface area contributed by atoms with Crippen molar-refractivity contribution in [2.75, 3.05) is 0 Å².